The highest BCUT2D eigenvalue weighted by atomic mass is 16.7. The van der Waals surface area contributed by atoms with Gasteiger partial charge in [-0.05, 0) is 126 Å². The first-order chi connectivity index (χ1) is 22.3. The van der Waals surface area contributed by atoms with Gasteiger partial charge in [0.2, 0.25) is 5.91 Å². The molecule has 1 fully saturated rings. The molecular formula is C35H51N5O7. The molecule has 0 spiro atoms. The topological polar surface area (TPSA) is 168 Å². The molecule has 0 aliphatic carbocycles. The minimum absolute atomic E-state index is 0.0277. The van der Waals surface area contributed by atoms with Crippen LogP contribution in [0.2, 0.25) is 0 Å². The second kappa shape index (κ2) is 18.1. The van der Waals surface area contributed by atoms with Crippen LogP contribution in [0.4, 0.5) is 4.79 Å². The van der Waals surface area contributed by atoms with Crippen LogP contribution in [-0.4, -0.2) is 73.2 Å². The van der Waals surface area contributed by atoms with E-state index in [-0.39, 0.29) is 11.8 Å². The van der Waals surface area contributed by atoms with E-state index in [4.69, 9.17) is 30.5 Å². The zero-order valence-corrected chi connectivity index (χ0v) is 28.3. The summed E-state index contributed by atoms with van der Waals surface area (Å²) in [5.74, 6) is 0.761. The molecule has 0 saturated carbocycles. The third-order valence-corrected chi connectivity index (χ3v) is 7.74. The number of alkyl carbamates (subject to hydrolysis) is 1. The van der Waals surface area contributed by atoms with E-state index in [0.29, 0.717) is 30.3 Å². The van der Waals surface area contributed by atoms with Gasteiger partial charge in [-0.15, -0.1) is 0 Å². The highest BCUT2D eigenvalue weighted by molar-refractivity contribution is 5.97. The van der Waals surface area contributed by atoms with Crippen molar-refractivity contribution in [3.63, 3.8) is 0 Å². The molecule has 12 heteroatoms. The molecule has 1 atom stereocenters. The molecular weight excluding hydrogens is 602 g/mol. The Kier molecular flexibility index (Phi) is 14.3. The number of likely N-dealkylation sites (tertiary alicyclic amines) is 1. The fraction of sp³-hybridized carbons (Fsp3) is 0.543. The molecule has 0 aromatic heterocycles. The van der Waals surface area contributed by atoms with Gasteiger partial charge in [-0.25, -0.2) is 9.59 Å². The predicted octanol–water partition coefficient (Wildman–Crippen LogP) is 4.84. The number of hydrogen-bond donors (Lipinski definition) is 3. The number of carbonyl (C=O) groups excluding carboxylic acids is 3. The van der Waals surface area contributed by atoms with Crippen molar-refractivity contribution in [1.29, 1.82) is 0 Å². The Morgan fingerprint density at radius 3 is 1.98 bits per heavy atom. The van der Waals surface area contributed by atoms with E-state index in [1.807, 2.05) is 0 Å². The minimum Gasteiger partial charge on any atom is -0.494 e. The van der Waals surface area contributed by atoms with Crippen molar-refractivity contribution in [2.75, 3.05) is 32.8 Å². The first-order valence-corrected chi connectivity index (χ1v) is 16.3. The van der Waals surface area contributed by atoms with Crippen LogP contribution in [0.1, 0.15) is 82.6 Å². The van der Waals surface area contributed by atoms with Crippen LogP contribution in [0.15, 0.2) is 53.7 Å². The number of nitrogens with zero attached hydrogens (tertiary/aromatic N) is 2. The van der Waals surface area contributed by atoms with Gasteiger partial charge in [-0.3, -0.25) is 4.79 Å². The van der Waals surface area contributed by atoms with Crippen molar-refractivity contribution < 1.29 is 33.4 Å². The molecule has 3 rings (SSSR count). The van der Waals surface area contributed by atoms with Crippen LogP contribution in [0.5, 0.6) is 11.5 Å². The number of nitrogens with two attached hydrogens (primary N) is 2. The molecule has 5 N–H and O–H groups in total. The third kappa shape index (κ3) is 13.5. The monoisotopic (exact) mass is 653 g/mol. The second-order valence-electron chi connectivity index (χ2n) is 13.1. The van der Waals surface area contributed by atoms with Crippen molar-refractivity contribution in [3.05, 3.63) is 59.7 Å². The van der Waals surface area contributed by atoms with Crippen LogP contribution in [-0.2, 0) is 14.4 Å². The molecule has 1 saturated heterocycles. The van der Waals surface area contributed by atoms with Crippen molar-refractivity contribution in [2.45, 2.75) is 78.4 Å². The number of carbonyl (C=O) groups is 3. The maximum Gasteiger partial charge on any atom is 0.408 e. The summed E-state index contributed by atoms with van der Waals surface area (Å²) in [4.78, 5) is 43.4. The van der Waals surface area contributed by atoms with E-state index in [9.17, 15) is 14.4 Å². The first-order valence-electron chi connectivity index (χ1n) is 16.3. The Labute approximate surface area is 278 Å². The summed E-state index contributed by atoms with van der Waals surface area (Å²) in [5.41, 5.74) is 11.7. The molecule has 2 aromatic rings. The average Bonchev–Trinajstić information content (AvgIpc) is 3.03. The largest absolute Gasteiger partial charge is 0.494 e. The number of nitrogens with one attached hydrogen (secondary N) is 1. The van der Waals surface area contributed by atoms with Gasteiger partial charge in [-0.2, -0.15) is 0 Å². The first kappa shape index (κ1) is 37.1. The summed E-state index contributed by atoms with van der Waals surface area (Å²) in [7, 11) is 0. The van der Waals surface area contributed by atoms with Gasteiger partial charge in [0.25, 0.3) is 0 Å². The normalized spacial score (nSPS) is 15.1. The van der Waals surface area contributed by atoms with Crippen molar-refractivity contribution in [2.24, 2.45) is 28.5 Å². The molecule has 1 aliphatic rings. The van der Waals surface area contributed by atoms with E-state index in [1.165, 1.54) is 12.8 Å². The molecule has 1 heterocycles. The molecule has 0 radical (unpaired) electrons. The number of amides is 2. The number of ether oxygens (including phenoxy) is 3. The van der Waals surface area contributed by atoms with E-state index in [2.05, 4.69) is 15.4 Å². The number of amidine groups is 1. The van der Waals surface area contributed by atoms with Gasteiger partial charge in [0.1, 0.15) is 23.1 Å². The number of rotatable bonds is 16. The second-order valence-corrected chi connectivity index (χ2v) is 13.1. The lowest BCUT2D eigenvalue weighted by Gasteiger charge is -2.32. The lowest BCUT2D eigenvalue weighted by atomic mass is 9.92. The molecule has 258 valence electrons. The summed E-state index contributed by atoms with van der Waals surface area (Å²) in [6.07, 6.45) is 4.70. The summed E-state index contributed by atoms with van der Waals surface area (Å²) >= 11 is 0. The number of piperidine rings is 1. The summed E-state index contributed by atoms with van der Waals surface area (Å²) in [6, 6.07) is 13.1. The van der Waals surface area contributed by atoms with Crippen molar-refractivity contribution in [3.8, 4) is 11.5 Å². The quantitative estimate of drug-likeness (QED) is 0.0755. The Morgan fingerprint density at radius 1 is 0.894 bits per heavy atom. The summed E-state index contributed by atoms with van der Waals surface area (Å²) < 4.78 is 17.0. The summed E-state index contributed by atoms with van der Waals surface area (Å²) in [5, 5.41) is 6.30. The highest BCUT2D eigenvalue weighted by Gasteiger charge is 2.29. The van der Waals surface area contributed by atoms with Gasteiger partial charge in [0.15, 0.2) is 5.84 Å². The number of benzene rings is 2. The van der Waals surface area contributed by atoms with Crippen LogP contribution in [0.25, 0.3) is 0 Å². The average molecular weight is 654 g/mol. The third-order valence-electron chi connectivity index (χ3n) is 7.74. The van der Waals surface area contributed by atoms with Gasteiger partial charge in [0.05, 0.1) is 13.2 Å². The smallest absolute Gasteiger partial charge is 0.408 e. The fourth-order valence-corrected chi connectivity index (χ4v) is 5.11. The Hall–Kier alpha value is -4.32. The zero-order valence-electron chi connectivity index (χ0n) is 28.3. The maximum atomic E-state index is 12.6. The SMILES string of the molecule is CC(C)[C@H](NC(=O)OC(C)(C)C)C(=O)ON=C(N)c1ccc(OCCCC2CCN(CCCOc3ccc(C(N)=O)cc3)CC2)cc1. The Bertz CT molecular complexity index is 1320. The minimum atomic E-state index is -0.947. The number of hydrogen-bond acceptors (Lipinski definition) is 9. The lowest BCUT2D eigenvalue weighted by molar-refractivity contribution is -0.147. The lowest BCUT2D eigenvalue weighted by Crippen LogP contribution is -2.46. The van der Waals surface area contributed by atoms with Crippen LogP contribution in [0.3, 0.4) is 0 Å². The Morgan fingerprint density at radius 2 is 1.45 bits per heavy atom. The highest BCUT2D eigenvalue weighted by Crippen LogP contribution is 2.23. The van der Waals surface area contributed by atoms with Gasteiger partial charge >= 0.3 is 12.1 Å². The molecule has 2 aromatic carbocycles. The molecule has 12 nitrogen and oxygen atoms in total. The molecule has 0 bridgehead atoms. The molecule has 0 unspecified atom stereocenters. The van der Waals surface area contributed by atoms with E-state index in [1.54, 1.807) is 83.1 Å². The van der Waals surface area contributed by atoms with Crippen LogP contribution < -0.4 is 26.3 Å². The number of oxime groups is 1. The molecule has 2 amide bonds. The van der Waals surface area contributed by atoms with Crippen LogP contribution in [0, 0.1) is 11.8 Å². The van der Waals surface area contributed by atoms with Gasteiger partial charge < -0.3 is 40.7 Å². The predicted molar refractivity (Wildman–Crippen MR) is 180 cm³/mol. The fourth-order valence-electron chi connectivity index (χ4n) is 5.11. The maximum absolute atomic E-state index is 12.6. The molecule has 1 aliphatic heterocycles. The van der Waals surface area contributed by atoms with Crippen molar-refractivity contribution in [1.82, 2.24) is 10.2 Å². The Balaban J connectivity index is 1.30. The van der Waals surface area contributed by atoms with E-state index in [0.717, 1.165) is 50.4 Å². The molecule has 47 heavy (non-hydrogen) atoms. The van der Waals surface area contributed by atoms with E-state index < -0.39 is 29.6 Å². The van der Waals surface area contributed by atoms with Gasteiger partial charge in [0, 0.05) is 17.7 Å². The van der Waals surface area contributed by atoms with E-state index >= 15 is 0 Å². The van der Waals surface area contributed by atoms with Crippen molar-refractivity contribution >= 4 is 23.8 Å². The number of primary amides is 1. The summed E-state index contributed by atoms with van der Waals surface area (Å²) in [6.45, 7) is 13.2. The van der Waals surface area contributed by atoms with Gasteiger partial charge in [-0.1, -0.05) is 19.0 Å². The standard InChI is InChI=1S/C35H51N5O7/c1-24(2)30(38-34(43)46-35(3,4)5)33(42)47-39-31(36)26-9-13-28(14-10-26)44-22-6-8-25-17-20-40(21-18-25)19-7-23-45-29-15-11-27(12-16-29)32(37)41/h9-16,24-25,30H,6-8,17-23H2,1-5H3,(H2,36,39)(H2,37,41)(H,38,43)/t30-/m0/s1. The zero-order chi connectivity index (χ0) is 34.4. The van der Waals surface area contributed by atoms with Crippen LogP contribution >= 0.6 is 0 Å².